The molecule has 0 heterocycles. The molecule has 0 spiro atoms. The van der Waals surface area contributed by atoms with Crippen molar-refractivity contribution in [1.82, 2.24) is 0 Å². The normalized spacial score (nSPS) is 20.3. The van der Waals surface area contributed by atoms with Gasteiger partial charge in [-0.15, -0.1) is 0 Å². The van der Waals surface area contributed by atoms with E-state index in [-0.39, 0.29) is 11.0 Å². The molecule has 0 saturated heterocycles. The van der Waals surface area contributed by atoms with Crippen molar-refractivity contribution in [1.29, 1.82) is 0 Å². The van der Waals surface area contributed by atoms with Crippen LogP contribution in [0.5, 0.6) is 0 Å². The minimum absolute atomic E-state index is 0.0545. The summed E-state index contributed by atoms with van der Waals surface area (Å²) in [6, 6.07) is 17.6. The van der Waals surface area contributed by atoms with E-state index in [9.17, 15) is 0 Å². The molecule has 4 rings (SSSR count). The van der Waals surface area contributed by atoms with Gasteiger partial charge < -0.3 is 4.74 Å². The summed E-state index contributed by atoms with van der Waals surface area (Å²) in [6.07, 6.45) is 13.3. The first-order valence-electron chi connectivity index (χ1n) is 12.5. The highest BCUT2D eigenvalue weighted by Gasteiger charge is 2.52. The first kappa shape index (κ1) is 24.8. The second-order valence-electron chi connectivity index (χ2n) is 11.5. The molecule has 2 aliphatic carbocycles. The van der Waals surface area contributed by atoms with Gasteiger partial charge in [0.15, 0.2) is 0 Å². The van der Waals surface area contributed by atoms with Gasteiger partial charge in [-0.1, -0.05) is 113 Å². The molecule has 0 bridgehead atoms. The van der Waals surface area contributed by atoms with E-state index in [1.165, 1.54) is 33.4 Å². The molecule has 0 aliphatic heterocycles. The van der Waals surface area contributed by atoms with Crippen LogP contribution < -0.4 is 0 Å². The molecule has 2 aromatic carbocycles. The Balaban J connectivity index is 2.23. The van der Waals surface area contributed by atoms with Gasteiger partial charge in [-0.25, -0.2) is 0 Å². The lowest BCUT2D eigenvalue weighted by Crippen LogP contribution is -2.37. The van der Waals surface area contributed by atoms with Crippen LogP contribution in [0.4, 0.5) is 0 Å². The van der Waals surface area contributed by atoms with Crippen molar-refractivity contribution >= 4 is 5.57 Å². The van der Waals surface area contributed by atoms with Gasteiger partial charge in [-0.3, -0.25) is 0 Å². The molecular weight excluding hydrogens is 424 g/mol. The smallest absolute Gasteiger partial charge is 0.116 e. The molecule has 2 aromatic rings. The Morgan fingerprint density at radius 1 is 0.914 bits per heavy atom. The molecule has 0 radical (unpaired) electrons. The number of ether oxygens (including phenoxy) is 1. The molecule has 0 N–H and O–H groups in total. The lowest BCUT2D eigenvalue weighted by Gasteiger charge is -2.42. The predicted octanol–water partition coefficient (Wildman–Crippen LogP) is 8.99. The second kappa shape index (κ2) is 9.04. The third kappa shape index (κ3) is 4.29. The van der Waals surface area contributed by atoms with Crippen molar-refractivity contribution < 1.29 is 4.74 Å². The highest BCUT2D eigenvalue weighted by molar-refractivity contribution is 5.95. The van der Waals surface area contributed by atoms with Crippen LogP contribution in [0.3, 0.4) is 0 Å². The molecule has 0 amide bonds. The molecule has 0 saturated carbocycles. The lowest BCUT2D eigenvalue weighted by atomic mass is 9.65. The van der Waals surface area contributed by atoms with Crippen molar-refractivity contribution in [2.45, 2.75) is 64.4 Å². The molecule has 0 fully saturated rings. The third-order valence-corrected chi connectivity index (χ3v) is 6.70. The van der Waals surface area contributed by atoms with E-state index in [0.29, 0.717) is 0 Å². The van der Waals surface area contributed by atoms with Gasteiger partial charge in [0.1, 0.15) is 16.8 Å². The first-order valence-corrected chi connectivity index (χ1v) is 12.5. The maximum atomic E-state index is 6.91. The SMILES string of the molecule is C=C/C=C\C=C(/OC(C)(C)C)C1(c2ccccc2C(C)(C)C)C2=C(C(=C)CC=C2)c2ccccc21. The molecule has 180 valence electrons. The van der Waals surface area contributed by atoms with Crippen LogP contribution in [0, 0.1) is 0 Å². The van der Waals surface area contributed by atoms with E-state index in [0.717, 1.165) is 17.8 Å². The third-order valence-electron chi connectivity index (χ3n) is 6.70. The Bertz CT molecular complexity index is 1280. The van der Waals surface area contributed by atoms with E-state index in [1.54, 1.807) is 6.08 Å². The monoisotopic (exact) mass is 462 g/mol. The molecule has 1 atom stereocenters. The number of fused-ring (bicyclic) bond motifs is 2. The van der Waals surface area contributed by atoms with E-state index in [2.05, 4.69) is 121 Å². The first-order chi connectivity index (χ1) is 16.5. The molecule has 0 aromatic heterocycles. The molecule has 1 heteroatoms. The maximum absolute atomic E-state index is 6.91. The Morgan fingerprint density at radius 2 is 1.57 bits per heavy atom. The van der Waals surface area contributed by atoms with Crippen LogP contribution in [0.25, 0.3) is 5.57 Å². The standard InChI is InChI=1S/C34H38O/c1-9-10-11-23-30(35-33(6,7)8)34(28-21-15-14-20-27(28)32(3,4)5)26-19-13-12-18-25(26)31-24(2)17-16-22-29(31)34/h9-16,18-23H,1-2,17H2,3-8H3/b11-10-,30-23-. The van der Waals surface area contributed by atoms with Crippen molar-refractivity contribution in [3.63, 3.8) is 0 Å². The largest absolute Gasteiger partial charge is 0.491 e. The van der Waals surface area contributed by atoms with Crippen LogP contribution in [0.1, 0.15) is 70.2 Å². The topological polar surface area (TPSA) is 9.23 Å². The molecule has 1 unspecified atom stereocenters. The highest BCUT2D eigenvalue weighted by atomic mass is 16.5. The van der Waals surface area contributed by atoms with Crippen LogP contribution >= 0.6 is 0 Å². The van der Waals surface area contributed by atoms with E-state index in [4.69, 9.17) is 4.74 Å². The number of hydrogen-bond acceptors (Lipinski definition) is 1. The second-order valence-corrected chi connectivity index (χ2v) is 11.5. The summed E-state index contributed by atoms with van der Waals surface area (Å²) in [4.78, 5) is 0. The van der Waals surface area contributed by atoms with Crippen LogP contribution in [-0.2, 0) is 15.6 Å². The summed E-state index contributed by atoms with van der Waals surface area (Å²) < 4.78 is 6.91. The zero-order valence-corrected chi connectivity index (χ0v) is 22.1. The number of benzene rings is 2. The molecule has 2 aliphatic rings. The minimum Gasteiger partial charge on any atom is -0.491 e. The summed E-state index contributed by atoms with van der Waals surface area (Å²) in [5, 5.41) is 0. The summed E-state index contributed by atoms with van der Waals surface area (Å²) in [7, 11) is 0. The van der Waals surface area contributed by atoms with Crippen molar-refractivity contribution in [3.05, 3.63) is 137 Å². The van der Waals surface area contributed by atoms with Crippen LogP contribution in [-0.4, -0.2) is 5.60 Å². The molecule has 1 nitrogen and oxygen atoms in total. The summed E-state index contributed by atoms with van der Waals surface area (Å²) in [5.41, 5.74) is 7.67. The zero-order valence-electron chi connectivity index (χ0n) is 22.1. The Hall–Kier alpha value is -3.32. The summed E-state index contributed by atoms with van der Waals surface area (Å²) >= 11 is 0. The average molecular weight is 463 g/mol. The Labute approximate surface area is 211 Å². The van der Waals surface area contributed by atoms with Crippen LogP contribution in [0.2, 0.25) is 0 Å². The van der Waals surface area contributed by atoms with Crippen molar-refractivity contribution in [2.75, 3.05) is 0 Å². The Kier molecular flexibility index (Phi) is 6.40. The minimum atomic E-state index is -0.603. The average Bonchev–Trinajstić information content (AvgIpc) is 3.09. The fourth-order valence-corrected chi connectivity index (χ4v) is 5.46. The lowest BCUT2D eigenvalue weighted by molar-refractivity contribution is 0.0370. The predicted molar refractivity (Wildman–Crippen MR) is 150 cm³/mol. The maximum Gasteiger partial charge on any atom is 0.116 e. The highest BCUT2D eigenvalue weighted by Crippen LogP contribution is 2.59. The molecular formula is C34H38O. The van der Waals surface area contributed by atoms with Gasteiger partial charge in [-0.2, -0.15) is 0 Å². The van der Waals surface area contributed by atoms with Gasteiger partial charge in [0.25, 0.3) is 0 Å². The van der Waals surface area contributed by atoms with E-state index >= 15 is 0 Å². The quantitative estimate of drug-likeness (QED) is 0.318. The van der Waals surface area contributed by atoms with Gasteiger partial charge >= 0.3 is 0 Å². The molecule has 35 heavy (non-hydrogen) atoms. The zero-order chi connectivity index (χ0) is 25.4. The van der Waals surface area contributed by atoms with E-state index in [1.807, 2.05) is 12.2 Å². The van der Waals surface area contributed by atoms with Gasteiger partial charge in [0, 0.05) is 0 Å². The van der Waals surface area contributed by atoms with E-state index < -0.39 is 5.41 Å². The summed E-state index contributed by atoms with van der Waals surface area (Å²) in [6.45, 7) is 21.6. The van der Waals surface area contributed by atoms with Gasteiger partial charge in [0.05, 0.1) is 0 Å². The van der Waals surface area contributed by atoms with Crippen LogP contribution in [0.15, 0.2) is 115 Å². The fourth-order valence-electron chi connectivity index (χ4n) is 5.46. The number of rotatable bonds is 5. The fraction of sp³-hybridized carbons (Fsp3) is 0.294. The van der Waals surface area contributed by atoms with Gasteiger partial charge in [-0.05, 0) is 77.7 Å². The summed E-state index contributed by atoms with van der Waals surface area (Å²) in [5.74, 6) is 0.914. The van der Waals surface area contributed by atoms with Crippen molar-refractivity contribution in [3.8, 4) is 0 Å². The number of allylic oxidation sites excluding steroid dienone is 9. The van der Waals surface area contributed by atoms with Crippen molar-refractivity contribution in [2.24, 2.45) is 0 Å². The number of hydrogen-bond donors (Lipinski definition) is 0. The Morgan fingerprint density at radius 3 is 2.23 bits per heavy atom. The van der Waals surface area contributed by atoms with Gasteiger partial charge in [0.2, 0.25) is 0 Å².